The minimum absolute atomic E-state index is 0.102. The molecule has 3 heteroatoms. The lowest BCUT2D eigenvalue weighted by atomic mass is 10.1. The molecule has 1 rings (SSSR count). The summed E-state index contributed by atoms with van der Waals surface area (Å²) < 4.78 is 4.77. The zero-order valence-electron chi connectivity index (χ0n) is 18.5. The van der Waals surface area contributed by atoms with E-state index in [1.54, 1.807) is 0 Å². The fourth-order valence-corrected chi connectivity index (χ4v) is 3.66. The second kappa shape index (κ2) is 17.7. The molecule has 1 aromatic rings. The molecular weight excluding hydrogens is 346 g/mol. The monoisotopic (exact) mass is 389 g/mol. The zero-order valence-corrected chi connectivity index (χ0v) is 18.5. The fourth-order valence-electron chi connectivity index (χ4n) is 3.66. The van der Waals surface area contributed by atoms with Crippen LogP contribution in [0.4, 0.5) is 0 Å². The number of esters is 1. The molecule has 0 amide bonds. The average molecular weight is 390 g/mol. The molecule has 0 radical (unpaired) electrons. The van der Waals surface area contributed by atoms with E-state index in [2.05, 4.69) is 42.2 Å². The average Bonchev–Trinajstić information content (AvgIpc) is 2.72. The third kappa shape index (κ3) is 13.8. The smallest absolute Gasteiger partial charge is 0.305 e. The van der Waals surface area contributed by atoms with E-state index in [4.69, 9.17) is 4.74 Å². The van der Waals surface area contributed by atoms with Gasteiger partial charge in [-0.2, -0.15) is 0 Å². The van der Waals surface area contributed by atoms with Crippen LogP contribution in [0.15, 0.2) is 30.3 Å². The minimum atomic E-state index is -0.102. The Bertz CT molecular complexity index is 475. The number of rotatable bonds is 18. The topological polar surface area (TPSA) is 29.5 Å². The summed E-state index contributed by atoms with van der Waals surface area (Å²) in [4.78, 5) is 13.9. The van der Waals surface area contributed by atoms with Crippen molar-refractivity contribution in [2.75, 3.05) is 20.2 Å². The molecule has 3 nitrogen and oxygen atoms in total. The predicted molar refractivity (Wildman–Crippen MR) is 119 cm³/mol. The van der Waals surface area contributed by atoms with Crippen molar-refractivity contribution < 1.29 is 9.53 Å². The van der Waals surface area contributed by atoms with E-state index in [-0.39, 0.29) is 5.97 Å². The SMILES string of the molecule is CCCCCCCCCCCCCN(CCCC(=O)OC)Cc1ccccc1. The largest absolute Gasteiger partial charge is 0.469 e. The van der Waals surface area contributed by atoms with Gasteiger partial charge in [0.05, 0.1) is 7.11 Å². The van der Waals surface area contributed by atoms with Crippen molar-refractivity contribution in [3.63, 3.8) is 0 Å². The van der Waals surface area contributed by atoms with E-state index in [1.807, 2.05) is 0 Å². The zero-order chi connectivity index (χ0) is 20.3. The highest BCUT2D eigenvalue weighted by Crippen LogP contribution is 2.13. The summed E-state index contributed by atoms with van der Waals surface area (Å²) in [5.74, 6) is -0.102. The Labute approximate surface area is 173 Å². The third-order valence-electron chi connectivity index (χ3n) is 5.41. The van der Waals surface area contributed by atoms with Crippen LogP contribution >= 0.6 is 0 Å². The Kier molecular flexibility index (Phi) is 15.6. The summed E-state index contributed by atoms with van der Waals surface area (Å²) in [6.45, 7) is 5.33. The van der Waals surface area contributed by atoms with Crippen LogP contribution in [0.5, 0.6) is 0 Å². The maximum Gasteiger partial charge on any atom is 0.305 e. The molecule has 0 saturated heterocycles. The number of carbonyl (C=O) groups is 1. The Morgan fingerprint density at radius 2 is 1.32 bits per heavy atom. The van der Waals surface area contributed by atoms with Gasteiger partial charge in [0, 0.05) is 13.0 Å². The highest BCUT2D eigenvalue weighted by molar-refractivity contribution is 5.69. The lowest BCUT2D eigenvalue weighted by Gasteiger charge is -2.22. The molecule has 160 valence electrons. The first kappa shape index (κ1) is 24.7. The Morgan fingerprint density at radius 1 is 0.786 bits per heavy atom. The molecule has 0 aliphatic heterocycles. The maximum absolute atomic E-state index is 11.4. The van der Waals surface area contributed by atoms with Crippen LogP contribution in [-0.4, -0.2) is 31.1 Å². The van der Waals surface area contributed by atoms with Crippen LogP contribution in [0.25, 0.3) is 0 Å². The molecule has 0 atom stereocenters. The van der Waals surface area contributed by atoms with Crippen molar-refractivity contribution >= 4 is 5.97 Å². The highest BCUT2D eigenvalue weighted by atomic mass is 16.5. The molecule has 1 aromatic carbocycles. The molecule has 0 aliphatic rings. The molecule has 0 bridgehead atoms. The lowest BCUT2D eigenvalue weighted by molar-refractivity contribution is -0.140. The number of unbranched alkanes of at least 4 members (excludes halogenated alkanes) is 10. The quantitative estimate of drug-likeness (QED) is 0.205. The standard InChI is InChI=1S/C25H43NO2/c1-3-4-5-6-7-8-9-10-11-12-16-21-26(22-17-20-25(27)28-2)23-24-18-14-13-15-19-24/h13-15,18-19H,3-12,16-17,20-23H2,1-2H3. The van der Waals surface area contributed by atoms with Crippen molar-refractivity contribution in [3.05, 3.63) is 35.9 Å². The van der Waals surface area contributed by atoms with E-state index in [0.29, 0.717) is 6.42 Å². The van der Waals surface area contributed by atoms with Crippen molar-refractivity contribution in [3.8, 4) is 0 Å². The normalized spacial score (nSPS) is 11.1. The maximum atomic E-state index is 11.4. The van der Waals surface area contributed by atoms with Crippen LogP contribution in [0, 0.1) is 0 Å². The molecular formula is C25H43NO2. The van der Waals surface area contributed by atoms with Gasteiger partial charge in [-0.25, -0.2) is 0 Å². The molecule has 0 aromatic heterocycles. The summed E-state index contributed by atoms with van der Waals surface area (Å²) >= 11 is 0. The second-order valence-corrected chi connectivity index (χ2v) is 7.98. The van der Waals surface area contributed by atoms with Gasteiger partial charge < -0.3 is 4.74 Å². The van der Waals surface area contributed by atoms with Gasteiger partial charge in [-0.15, -0.1) is 0 Å². The van der Waals surface area contributed by atoms with Crippen molar-refractivity contribution in [2.45, 2.75) is 96.9 Å². The Hall–Kier alpha value is -1.35. The van der Waals surface area contributed by atoms with Crippen molar-refractivity contribution in [2.24, 2.45) is 0 Å². The molecule has 0 unspecified atom stereocenters. The van der Waals surface area contributed by atoms with Crippen LogP contribution < -0.4 is 0 Å². The Balaban J connectivity index is 2.15. The molecule has 0 aliphatic carbocycles. The van der Waals surface area contributed by atoms with Gasteiger partial charge in [0.2, 0.25) is 0 Å². The first-order valence-electron chi connectivity index (χ1n) is 11.6. The van der Waals surface area contributed by atoms with Gasteiger partial charge >= 0.3 is 5.97 Å². The molecule has 0 saturated carbocycles. The Morgan fingerprint density at radius 3 is 1.89 bits per heavy atom. The van der Waals surface area contributed by atoms with Crippen LogP contribution in [0.2, 0.25) is 0 Å². The summed E-state index contributed by atoms with van der Waals surface area (Å²) in [7, 11) is 1.47. The first-order valence-corrected chi connectivity index (χ1v) is 11.6. The summed E-state index contributed by atoms with van der Waals surface area (Å²) in [6.07, 6.45) is 16.5. The van der Waals surface area contributed by atoms with Gasteiger partial charge in [-0.05, 0) is 31.5 Å². The molecule has 0 N–H and O–H groups in total. The summed E-state index contributed by atoms with van der Waals surface area (Å²) in [6, 6.07) is 10.6. The van der Waals surface area contributed by atoms with E-state index in [0.717, 1.165) is 26.1 Å². The van der Waals surface area contributed by atoms with E-state index >= 15 is 0 Å². The number of benzene rings is 1. The predicted octanol–water partition coefficient (Wildman–Crippen LogP) is 6.75. The van der Waals surface area contributed by atoms with Gasteiger partial charge in [-0.3, -0.25) is 9.69 Å². The van der Waals surface area contributed by atoms with E-state index < -0.39 is 0 Å². The van der Waals surface area contributed by atoms with Crippen LogP contribution in [-0.2, 0) is 16.1 Å². The molecule has 0 spiro atoms. The highest BCUT2D eigenvalue weighted by Gasteiger charge is 2.08. The van der Waals surface area contributed by atoms with Crippen LogP contribution in [0.3, 0.4) is 0 Å². The van der Waals surface area contributed by atoms with Gasteiger partial charge in [0.1, 0.15) is 0 Å². The van der Waals surface area contributed by atoms with E-state index in [1.165, 1.54) is 83.3 Å². The van der Waals surface area contributed by atoms with Gasteiger partial charge in [-0.1, -0.05) is 101 Å². The van der Waals surface area contributed by atoms with Crippen LogP contribution in [0.1, 0.15) is 96.0 Å². The van der Waals surface area contributed by atoms with Crippen molar-refractivity contribution in [1.29, 1.82) is 0 Å². The molecule has 28 heavy (non-hydrogen) atoms. The van der Waals surface area contributed by atoms with Crippen molar-refractivity contribution in [1.82, 2.24) is 4.90 Å². The first-order chi connectivity index (χ1) is 13.8. The summed E-state index contributed by atoms with van der Waals surface area (Å²) in [5, 5.41) is 0. The third-order valence-corrected chi connectivity index (χ3v) is 5.41. The van der Waals surface area contributed by atoms with E-state index in [9.17, 15) is 4.79 Å². The number of nitrogens with zero attached hydrogens (tertiary/aromatic N) is 1. The van der Waals surface area contributed by atoms with Gasteiger partial charge in [0.25, 0.3) is 0 Å². The number of hydrogen-bond donors (Lipinski definition) is 0. The second-order valence-electron chi connectivity index (χ2n) is 7.98. The number of hydrogen-bond acceptors (Lipinski definition) is 3. The molecule has 0 fully saturated rings. The number of ether oxygens (including phenoxy) is 1. The minimum Gasteiger partial charge on any atom is -0.469 e. The summed E-state index contributed by atoms with van der Waals surface area (Å²) in [5.41, 5.74) is 1.35. The fraction of sp³-hybridized carbons (Fsp3) is 0.720. The van der Waals surface area contributed by atoms with Gasteiger partial charge in [0.15, 0.2) is 0 Å². The number of carbonyl (C=O) groups excluding carboxylic acids is 1. The molecule has 0 heterocycles. The number of methoxy groups -OCH3 is 1. The lowest BCUT2D eigenvalue weighted by Crippen LogP contribution is -2.26.